The van der Waals surface area contributed by atoms with Gasteiger partial charge in [0.1, 0.15) is 17.3 Å². The molecular weight excluding hydrogens is 743 g/mol. The molecule has 1 N–H and O–H groups in total. The number of thiophene rings is 1. The molecule has 0 spiro atoms. The van der Waals surface area contributed by atoms with Crippen molar-refractivity contribution >= 4 is 79.8 Å². The van der Waals surface area contributed by atoms with E-state index in [1.165, 1.54) is 9.80 Å². The van der Waals surface area contributed by atoms with Gasteiger partial charge in [-0.15, -0.1) is 11.3 Å². The Bertz CT molecular complexity index is 2560. The molecule has 2 aliphatic carbocycles. The van der Waals surface area contributed by atoms with E-state index >= 15 is 4.79 Å². The quantitative estimate of drug-likeness (QED) is 0.144. The highest BCUT2D eigenvalue weighted by molar-refractivity contribution is 7.22. The lowest BCUT2D eigenvalue weighted by Gasteiger charge is -2.49. The number of para-hydroxylation sites is 1. The Morgan fingerprint density at radius 2 is 1.67 bits per heavy atom. The maximum absolute atomic E-state index is 15.1. The molecule has 3 aromatic carbocycles. The maximum Gasteiger partial charge on any atom is 0.242 e. The number of allylic oxidation sites excluding steroid dienone is 2. The average Bonchev–Trinajstić information content (AvgIpc) is 3.81. The number of hydrogen-bond acceptors (Lipinski definition) is 7. The summed E-state index contributed by atoms with van der Waals surface area (Å²) in [5.74, 6) is -4.57. The zero-order chi connectivity index (χ0) is 38.1. The fourth-order valence-corrected chi connectivity index (χ4v) is 11.2. The maximum atomic E-state index is 15.1. The van der Waals surface area contributed by atoms with E-state index in [2.05, 4.69) is 0 Å². The average molecular weight is 780 g/mol. The first-order valence-electron chi connectivity index (χ1n) is 18.0. The molecule has 5 aromatic rings. The Hall–Kier alpha value is -4.77. The minimum absolute atomic E-state index is 0.0396. The number of phenols is 1. The number of anilines is 2. The molecule has 4 amide bonds. The topological polar surface area (TPSA) is 113 Å². The predicted molar refractivity (Wildman–Crippen MR) is 210 cm³/mol. The Morgan fingerprint density at radius 1 is 0.889 bits per heavy atom. The molecule has 2 saturated heterocycles. The van der Waals surface area contributed by atoms with Crippen molar-refractivity contribution in [2.75, 3.05) is 9.80 Å². The van der Waals surface area contributed by atoms with Gasteiger partial charge in [0.2, 0.25) is 23.6 Å². The monoisotopic (exact) mass is 778 g/mol. The van der Waals surface area contributed by atoms with E-state index in [1.54, 1.807) is 66.4 Å². The van der Waals surface area contributed by atoms with E-state index in [0.717, 1.165) is 31.7 Å². The van der Waals surface area contributed by atoms with E-state index < -0.39 is 46.8 Å². The number of halogens is 2. The van der Waals surface area contributed by atoms with Crippen LogP contribution in [0.1, 0.15) is 47.9 Å². The van der Waals surface area contributed by atoms with Crippen LogP contribution in [0, 0.1) is 49.9 Å². The van der Waals surface area contributed by atoms with Gasteiger partial charge in [-0.05, 0) is 98.9 Å². The summed E-state index contributed by atoms with van der Waals surface area (Å²) in [6.07, 6.45) is 2.46. The predicted octanol–water partition coefficient (Wildman–Crippen LogP) is 8.67. The summed E-state index contributed by atoms with van der Waals surface area (Å²) in [5.41, 5.74) is 3.49. The lowest BCUT2D eigenvalue weighted by Crippen LogP contribution is -2.49. The zero-order valence-electron chi connectivity index (χ0n) is 30.2. The summed E-state index contributed by atoms with van der Waals surface area (Å²) in [7, 11) is 1.72. The number of aryl methyl sites for hydroxylation is 4. The molecule has 9 rings (SSSR count). The number of phenolic OH excluding ortho intramolecular Hbond substituents is 1. The van der Waals surface area contributed by atoms with Gasteiger partial charge in [-0.2, -0.15) is 5.10 Å². The molecule has 4 heterocycles. The summed E-state index contributed by atoms with van der Waals surface area (Å²) < 4.78 is 2.61. The van der Waals surface area contributed by atoms with Crippen molar-refractivity contribution in [3.63, 3.8) is 0 Å². The third-order valence-corrected chi connectivity index (χ3v) is 14.4. The molecule has 54 heavy (non-hydrogen) atoms. The van der Waals surface area contributed by atoms with Crippen molar-refractivity contribution in [1.82, 2.24) is 9.78 Å². The van der Waals surface area contributed by atoms with Crippen molar-refractivity contribution in [2.24, 2.45) is 36.1 Å². The first-order valence-corrected chi connectivity index (χ1v) is 19.5. The van der Waals surface area contributed by atoms with Crippen molar-refractivity contribution in [2.45, 2.75) is 46.5 Å². The van der Waals surface area contributed by atoms with Gasteiger partial charge in [0.15, 0.2) is 0 Å². The molecule has 2 aromatic heterocycles. The number of imide groups is 2. The third-order valence-electron chi connectivity index (χ3n) is 12.5. The molecule has 9 nitrogen and oxygen atoms in total. The largest absolute Gasteiger partial charge is 0.507 e. The number of fused-ring (bicyclic) bond motifs is 5. The molecular formula is C42H36Cl2N4O5S. The van der Waals surface area contributed by atoms with Gasteiger partial charge >= 0.3 is 0 Å². The highest BCUT2D eigenvalue weighted by Gasteiger charge is 2.68. The third kappa shape index (κ3) is 4.72. The first kappa shape index (κ1) is 35.0. The molecule has 3 fully saturated rings. The molecule has 12 heteroatoms. The van der Waals surface area contributed by atoms with E-state index in [-0.39, 0.29) is 30.4 Å². The molecule has 0 bridgehead atoms. The lowest BCUT2D eigenvalue weighted by molar-refractivity contribution is -0.131. The summed E-state index contributed by atoms with van der Waals surface area (Å²) in [6.45, 7) is 7.47. The van der Waals surface area contributed by atoms with Crippen LogP contribution in [0.5, 0.6) is 5.75 Å². The number of rotatable bonds is 4. The van der Waals surface area contributed by atoms with Crippen LogP contribution in [0.4, 0.5) is 11.5 Å². The summed E-state index contributed by atoms with van der Waals surface area (Å²) in [6, 6.07) is 18.1. The minimum atomic E-state index is -1.32. The number of benzene rings is 3. The van der Waals surface area contributed by atoms with E-state index in [4.69, 9.17) is 28.3 Å². The zero-order valence-corrected chi connectivity index (χ0v) is 32.5. The van der Waals surface area contributed by atoms with Crippen LogP contribution in [-0.2, 0) is 26.2 Å². The van der Waals surface area contributed by atoms with Gasteiger partial charge in [0, 0.05) is 39.3 Å². The van der Waals surface area contributed by atoms with E-state index in [1.807, 2.05) is 51.1 Å². The number of nitrogens with zero attached hydrogens (tertiary/aromatic N) is 4. The number of amides is 4. The van der Waals surface area contributed by atoms with Gasteiger partial charge in [-0.3, -0.25) is 23.9 Å². The van der Waals surface area contributed by atoms with Crippen LogP contribution in [0.2, 0.25) is 10.0 Å². The van der Waals surface area contributed by atoms with Crippen LogP contribution in [0.3, 0.4) is 0 Å². The second kappa shape index (κ2) is 12.1. The number of hydrogen-bond donors (Lipinski definition) is 1. The molecule has 4 aliphatic rings. The van der Waals surface area contributed by atoms with Crippen LogP contribution in [0.25, 0.3) is 20.7 Å². The summed E-state index contributed by atoms with van der Waals surface area (Å²) in [5, 5.41) is 18.5. The summed E-state index contributed by atoms with van der Waals surface area (Å²) >= 11 is 14.3. The molecule has 274 valence electrons. The van der Waals surface area contributed by atoms with E-state index in [9.17, 15) is 19.5 Å². The fourth-order valence-electron chi connectivity index (χ4n) is 9.68. The number of aromatic nitrogens is 2. The standard InChI is InChI=1S/C42H36Cl2N4O5S/c1-19-9-11-23(16-30(19)44)47-38(50)25-13-12-24-28(34(25)40(47)52)17-29-39(51)48(41(53)42(29,4)35(24)26-8-6-7-20(2)36(26)49)33-18-31(45-46(33)5)37-21(3)27-15-22(43)10-14-32(27)54-37/h6-12,14-16,18,25,28-29,34-35,49H,13,17H2,1-5H3/t25-,28+,29-,34-,35+,42+/m0/s1. The van der Waals surface area contributed by atoms with E-state index in [0.29, 0.717) is 38.4 Å². The van der Waals surface area contributed by atoms with Crippen LogP contribution < -0.4 is 9.80 Å². The number of carbonyl (C=O) groups excluding carboxylic acids is 4. The molecule has 0 radical (unpaired) electrons. The lowest BCUT2D eigenvalue weighted by atomic mass is 9.51. The summed E-state index contributed by atoms with van der Waals surface area (Å²) in [4.78, 5) is 61.9. The fraction of sp³-hybridized carbons (Fsp3) is 0.310. The Morgan fingerprint density at radius 3 is 2.43 bits per heavy atom. The van der Waals surface area contributed by atoms with Gasteiger partial charge in [-0.1, -0.05) is 59.1 Å². The molecule has 6 atom stereocenters. The first-order chi connectivity index (χ1) is 25.7. The highest BCUT2D eigenvalue weighted by atomic mass is 35.5. The Kier molecular flexibility index (Phi) is 7.85. The second-order valence-electron chi connectivity index (χ2n) is 15.3. The molecule has 2 aliphatic heterocycles. The van der Waals surface area contributed by atoms with Crippen molar-refractivity contribution in [3.8, 4) is 16.3 Å². The van der Waals surface area contributed by atoms with Gasteiger partial charge in [0.05, 0.1) is 33.7 Å². The number of aromatic hydroxyl groups is 1. The van der Waals surface area contributed by atoms with Crippen LogP contribution in [0.15, 0.2) is 72.3 Å². The Labute approximate surface area is 325 Å². The van der Waals surface area contributed by atoms with Gasteiger partial charge in [0.25, 0.3) is 0 Å². The number of carbonyl (C=O) groups is 4. The van der Waals surface area contributed by atoms with Crippen molar-refractivity contribution in [1.29, 1.82) is 0 Å². The molecule has 0 unspecified atom stereocenters. The van der Waals surface area contributed by atoms with Crippen molar-refractivity contribution in [3.05, 3.63) is 105 Å². The van der Waals surface area contributed by atoms with Crippen molar-refractivity contribution < 1.29 is 24.3 Å². The van der Waals surface area contributed by atoms with Gasteiger partial charge in [-0.25, -0.2) is 9.80 Å². The second-order valence-corrected chi connectivity index (χ2v) is 17.2. The molecule has 1 saturated carbocycles. The van der Waals surface area contributed by atoms with Crippen LogP contribution in [-0.4, -0.2) is 38.5 Å². The Balaban J connectivity index is 1.16. The normalized spacial score (nSPS) is 26.4. The highest BCUT2D eigenvalue weighted by Crippen LogP contribution is 2.64. The van der Waals surface area contributed by atoms with Crippen LogP contribution >= 0.6 is 34.5 Å². The smallest absolute Gasteiger partial charge is 0.242 e. The minimum Gasteiger partial charge on any atom is -0.507 e. The van der Waals surface area contributed by atoms with Gasteiger partial charge < -0.3 is 5.11 Å². The SMILES string of the molecule is Cc1ccc(N2C(=O)[C@H]3[C@H](CC=C4[C@H]3C[C@H]3C(=O)N(c5cc(-c6sc7ccc(Cl)cc7c6C)nn5C)C(=O)[C@@]3(C)[C@H]4c3cccc(C)c3O)C2=O)cc1Cl.